The van der Waals surface area contributed by atoms with Crippen molar-refractivity contribution in [2.24, 2.45) is 0 Å². The quantitative estimate of drug-likeness (QED) is 0.644. The average molecular weight is 364 g/mol. The molecule has 0 saturated carbocycles. The van der Waals surface area contributed by atoms with Gasteiger partial charge >= 0.3 is 0 Å². The van der Waals surface area contributed by atoms with Crippen molar-refractivity contribution in [3.63, 3.8) is 0 Å². The number of benzene rings is 1. The van der Waals surface area contributed by atoms with Crippen LogP contribution in [0.1, 0.15) is 33.9 Å². The lowest BCUT2D eigenvalue weighted by atomic mass is 9.90. The predicted molar refractivity (Wildman–Crippen MR) is 95.7 cm³/mol. The van der Waals surface area contributed by atoms with Gasteiger partial charge in [0.2, 0.25) is 0 Å². The smallest absolute Gasteiger partial charge is 0.113 e. The molecule has 0 radical (unpaired) electrons. The Kier molecular flexibility index (Phi) is 5.89. The van der Waals surface area contributed by atoms with Gasteiger partial charge in [-0.1, -0.05) is 31.2 Å². The van der Waals surface area contributed by atoms with Crippen LogP contribution in [0.2, 0.25) is 0 Å². The highest BCUT2D eigenvalue weighted by Crippen LogP contribution is 2.33. The number of thiophene rings is 1. The summed E-state index contributed by atoms with van der Waals surface area (Å²) in [5.74, 6) is 0. The van der Waals surface area contributed by atoms with E-state index in [2.05, 4.69) is 19.1 Å². The zero-order valence-corrected chi connectivity index (χ0v) is 14.9. The molecule has 25 heavy (non-hydrogen) atoms. The van der Waals surface area contributed by atoms with Crippen molar-refractivity contribution < 1.29 is 25.2 Å². The van der Waals surface area contributed by atoms with Gasteiger partial charge in [0.1, 0.15) is 30.5 Å². The molecule has 5 atom stereocenters. The first kappa shape index (κ1) is 18.5. The largest absolute Gasteiger partial charge is 0.394 e. The van der Waals surface area contributed by atoms with Crippen LogP contribution in [0.25, 0.3) is 0 Å². The van der Waals surface area contributed by atoms with Gasteiger partial charge in [0.25, 0.3) is 0 Å². The van der Waals surface area contributed by atoms with Crippen molar-refractivity contribution in [1.82, 2.24) is 0 Å². The SMILES string of the molecule is CCc1ccc(Cc2cccc(C3OC(CO)[C@@H](O)C(O)[C@H]3O)c2)s1. The average Bonchev–Trinajstić information content (AvgIpc) is 3.08. The summed E-state index contributed by atoms with van der Waals surface area (Å²) in [4.78, 5) is 2.61. The van der Waals surface area contributed by atoms with Gasteiger partial charge in [-0.3, -0.25) is 0 Å². The Hall–Kier alpha value is -1.28. The molecule has 0 bridgehead atoms. The molecule has 6 heteroatoms. The minimum atomic E-state index is -1.36. The minimum Gasteiger partial charge on any atom is -0.394 e. The maximum Gasteiger partial charge on any atom is 0.113 e. The van der Waals surface area contributed by atoms with Gasteiger partial charge in [0.15, 0.2) is 0 Å². The van der Waals surface area contributed by atoms with E-state index in [1.54, 1.807) is 11.3 Å². The molecular weight excluding hydrogens is 340 g/mol. The number of aliphatic hydroxyl groups excluding tert-OH is 4. The molecule has 1 aromatic heterocycles. The molecular formula is C19H24O5S. The standard InChI is InChI=1S/C19H24O5S/c1-2-13-6-7-14(25-13)9-11-4-3-5-12(8-11)19-18(23)17(22)16(21)15(10-20)24-19/h3-8,15-23H,2,9-10H2,1H3/t15?,16-,17?,18-,19?/m1/s1. The van der Waals surface area contributed by atoms with E-state index in [0.29, 0.717) is 0 Å². The number of hydrogen-bond acceptors (Lipinski definition) is 6. The molecule has 1 aliphatic rings. The van der Waals surface area contributed by atoms with Gasteiger partial charge in [0.05, 0.1) is 6.61 Å². The van der Waals surface area contributed by atoms with Crippen molar-refractivity contribution in [1.29, 1.82) is 0 Å². The summed E-state index contributed by atoms with van der Waals surface area (Å²) in [6, 6.07) is 11.9. The second-order valence-electron chi connectivity index (χ2n) is 6.39. The van der Waals surface area contributed by atoms with Crippen molar-refractivity contribution in [3.8, 4) is 0 Å². The van der Waals surface area contributed by atoms with Gasteiger partial charge < -0.3 is 25.2 Å². The Balaban J connectivity index is 1.80. The minimum absolute atomic E-state index is 0.421. The summed E-state index contributed by atoms with van der Waals surface area (Å²) >= 11 is 1.79. The summed E-state index contributed by atoms with van der Waals surface area (Å²) in [7, 11) is 0. The number of aryl methyl sites for hydroxylation is 1. The van der Waals surface area contributed by atoms with E-state index in [1.807, 2.05) is 24.3 Å². The maximum atomic E-state index is 10.3. The topological polar surface area (TPSA) is 90.2 Å². The molecule has 2 aromatic rings. The fourth-order valence-electron chi connectivity index (χ4n) is 3.17. The van der Waals surface area contributed by atoms with Crippen LogP contribution >= 0.6 is 11.3 Å². The van der Waals surface area contributed by atoms with Crippen molar-refractivity contribution in [3.05, 3.63) is 57.3 Å². The van der Waals surface area contributed by atoms with Crippen molar-refractivity contribution >= 4 is 11.3 Å². The molecule has 0 aliphatic carbocycles. The number of rotatable bonds is 5. The number of aliphatic hydroxyl groups is 4. The first-order valence-corrected chi connectivity index (χ1v) is 9.32. The summed E-state index contributed by atoms with van der Waals surface area (Å²) in [5.41, 5.74) is 1.81. The lowest BCUT2D eigenvalue weighted by Gasteiger charge is -2.40. The zero-order chi connectivity index (χ0) is 18.0. The molecule has 136 valence electrons. The van der Waals surface area contributed by atoms with Crippen LogP contribution in [0, 0.1) is 0 Å². The van der Waals surface area contributed by atoms with Crippen LogP contribution < -0.4 is 0 Å². The zero-order valence-electron chi connectivity index (χ0n) is 14.1. The van der Waals surface area contributed by atoms with E-state index in [9.17, 15) is 20.4 Å². The third-order valence-corrected chi connectivity index (χ3v) is 5.85. The highest BCUT2D eigenvalue weighted by atomic mass is 32.1. The van der Waals surface area contributed by atoms with Gasteiger partial charge in [-0.25, -0.2) is 0 Å². The third-order valence-electron chi connectivity index (χ3n) is 4.62. The van der Waals surface area contributed by atoms with Crippen LogP contribution in [0.4, 0.5) is 0 Å². The first-order valence-electron chi connectivity index (χ1n) is 8.50. The molecule has 1 saturated heterocycles. The highest BCUT2D eigenvalue weighted by Gasteiger charge is 2.43. The van der Waals surface area contributed by atoms with Gasteiger partial charge in [-0.15, -0.1) is 11.3 Å². The fourth-order valence-corrected chi connectivity index (χ4v) is 4.16. The molecule has 2 heterocycles. The Morgan fingerprint density at radius 2 is 1.76 bits per heavy atom. The lowest BCUT2D eigenvalue weighted by Crippen LogP contribution is -2.55. The van der Waals surface area contributed by atoms with E-state index < -0.39 is 37.1 Å². The van der Waals surface area contributed by atoms with E-state index in [1.165, 1.54) is 9.75 Å². The molecule has 0 spiro atoms. The van der Waals surface area contributed by atoms with Crippen LogP contribution in [-0.2, 0) is 17.6 Å². The van der Waals surface area contributed by atoms with Crippen LogP contribution in [-0.4, -0.2) is 51.4 Å². The molecule has 1 aliphatic heterocycles. The highest BCUT2D eigenvalue weighted by molar-refractivity contribution is 7.12. The van der Waals surface area contributed by atoms with E-state index in [-0.39, 0.29) is 0 Å². The molecule has 3 rings (SSSR count). The summed E-state index contributed by atoms with van der Waals surface area (Å²) in [6.45, 7) is 1.71. The second-order valence-corrected chi connectivity index (χ2v) is 7.65. The molecule has 1 fully saturated rings. The summed E-state index contributed by atoms with van der Waals surface area (Å²) in [6.07, 6.45) is -3.81. The van der Waals surface area contributed by atoms with E-state index in [0.717, 1.165) is 24.0 Å². The molecule has 4 N–H and O–H groups in total. The Bertz CT molecular complexity index is 699. The predicted octanol–water partition coefficient (Wildman–Crippen LogP) is 1.42. The van der Waals surface area contributed by atoms with Crippen LogP contribution in [0.3, 0.4) is 0 Å². The Morgan fingerprint density at radius 3 is 2.44 bits per heavy atom. The van der Waals surface area contributed by atoms with E-state index in [4.69, 9.17) is 4.74 Å². The van der Waals surface area contributed by atoms with E-state index >= 15 is 0 Å². The fraction of sp³-hybridized carbons (Fsp3) is 0.474. The number of ether oxygens (including phenoxy) is 1. The van der Waals surface area contributed by atoms with Gasteiger partial charge in [-0.2, -0.15) is 0 Å². The van der Waals surface area contributed by atoms with Gasteiger partial charge in [0, 0.05) is 16.2 Å². The van der Waals surface area contributed by atoms with Crippen LogP contribution in [0.5, 0.6) is 0 Å². The first-order chi connectivity index (χ1) is 12.0. The Labute approximate surface area is 151 Å². The molecule has 3 unspecified atom stereocenters. The summed E-state index contributed by atoms with van der Waals surface area (Å²) in [5, 5.41) is 39.5. The molecule has 5 nitrogen and oxygen atoms in total. The molecule has 1 aromatic carbocycles. The summed E-state index contributed by atoms with van der Waals surface area (Å²) < 4.78 is 5.64. The Morgan fingerprint density at radius 1 is 1.00 bits per heavy atom. The normalized spacial score (nSPS) is 29.7. The van der Waals surface area contributed by atoms with Crippen molar-refractivity contribution in [2.75, 3.05) is 6.61 Å². The maximum absolute atomic E-state index is 10.3. The third kappa shape index (κ3) is 3.95. The van der Waals surface area contributed by atoms with Gasteiger partial charge in [-0.05, 0) is 29.7 Å². The second kappa shape index (κ2) is 7.95. The van der Waals surface area contributed by atoms with Crippen LogP contribution in [0.15, 0.2) is 36.4 Å². The lowest BCUT2D eigenvalue weighted by molar-refractivity contribution is -0.231. The molecule has 0 amide bonds. The van der Waals surface area contributed by atoms with Crippen molar-refractivity contribution in [2.45, 2.75) is 50.3 Å². The monoisotopic (exact) mass is 364 g/mol. The number of hydrogen-bond donors (Lipinski definition) is 4.